The first kappa shape index (κ1) is 10.2. The molecule has 0 aliphatic carbocycles. The normalized spacial score (nSPS) is 9.57. The fourth-order valence-corrected chi connectivity index (χ4v) is 0.968. The summed E-state index contributed by atoms with van der Waals surface area (Å²) in [7, 11) is 1.24. The molecule has 0 fully saturated rings. The van der Waals surface area contributed by atoms with Crippen molar-refractivity contribution in [3.05, 3.63) is 17.7 Å². The van der Waals surface area contributed by atoms with Gasteiger partial charge in [0.25, 0.3) is 5.91 Å². The lowest BCUT2D eigenvalue weighted by Gasteiger charge is -2.00. The number of hydrogen-bond donors (Lipinski definition) is 2. The molecule has 0 saturated carbocycles. The smallest absolute Gasteiger partial charge is 0.356 e. The average molecular weight is 197 g/mol. The second-order valence-corrected chi connectivity index (χ2v) is 2.48. The predicted octanol–water partition coefficient (Wildman–Crippen LogP) is -0.0540. The summed E-state index contributed by atoms with van der Waals surface area (Å²) >= 11 is 0. The number of nitrogens with one attached hydrogen (secondary N) is 2. The van der Waals surface area contributed by atoms with E-state index < -0.39 is 11.9 Å². The van der Waals surface area contributed by atoms with E-state index in [0.29, 0.717) is 6.54 Å². The highest BCUT2D eigenvalue weighted by Gasteiger charge is 2.19. The molecule has 76 valence electrons. The Kier molecular flexibility index (Phi) is 3.22. The van der Waals surface area contributed by atoms with Gasteiger partial charge in [0.2, 0.25) is 0 Å². The number of H-pyrrole nitrogens is 1. The maximum atomic E-state index is 11.3. The van der Waals surface area contributed by atoms with Gasteiger partial charge < -0.3 is 15.0 Å². The van der Waals surface area contributed by atoms with Crippen LogP contribution < -0.4 is 5.32 Å². The summed E-state index contributed by atoms with van der Waals surface area (Å²) in [6.45, 7) is 2.26. The molecule has 1 aromatic heterocycles. The number of aromatic nitrogens is 2. The first-order valence-corrected chi connectivity index (χ1v) is 4.10. The molecule has 14 heavy (non-hydrogen) atoms. The Morgan fingerprint density at radius 2 is 2.36 bits per heavy atom. The van der Waals surface area contributed by atoms with E-state index in [9.17, 15) is 9.59 Å². The van der Waals surface area contributed by atoms with Crippen LogP contribution in [-0.2, 0) is 4.74 Å². The Hall–Kier alpha value is -1.85. The van der Waals surface area contributed by atoms with Gasteiger partial charge in [0.1, 0.15) is 0 Å². The van der Waals surface area contributed by atoms with Crippen LogP contribution in [0.2, 0.25) is 0 Å². The SMILES string of the molecule is CCNC(=O)c1nc[nH]c1C(=O)OC. The van der Waals surface area contributed by atoms with E-state index in [-0.39, 0.29) is 11.4 Å². The molecule has 1 aromatic rings. The van der Waals surface area contributed by atoms with E-state index in [1.54, 1.807) is 6.92 Å². The molecule has 0 atom stereocenters. The standard InChI is InChI=1S/C8H11N3O3/c1-3-9-7(12)5-6(8(13)14-2)11-4-10-5/h4H,3H2,1-2H3,(H,9,12)(H,10,11). The van der Waals surface area contributed by atoms with Gasteiger partial charge in [-0.05, 0) is 6.92 Å². The number of amides is 1. The van der Waals surface area contributed by atoms with Crippen molar-refractivity contribution in [2.45, 2.75) is 6.92 Å². The number of rotatable bonds is 3. The number of esters is 1. The zero-order valence-corrected chi connectivity index (χ0v) is 7.96. The number of nitrogens with zero attached hydrogens (tertiary/aromatic N) is 1. The number of carbonyl (C=O) groups is 2. The lowest BCUT2D eigenvalue weighted by Crippen LogP contribution is -2.25. The molecule has 1 rings (SSSR count). The number of imidazole rings is 1. The lowest BCUT2D eigenvalue weighted by molar-refractivity contribution is 0.0590. The Morgan fingerprint density at radius 3 is 2.93 bits per heavy atom. The van der Waals surface area contributed by atoms with Gasteiger partial charge in [0.15, 0.2) is 11.4 Å². The van der Waals surface area contributed by atoms with E-state index in [4.69, 9.17) is 0 Å². The summed E-state index contributed by atoms with van der Waals surface area (Å²) in [4.78, 5) is 28.8. The highest BCUT2D eigenvalue weighted by Crippen LogP contribution is 2.03. The van der Waals surface area contributed by atoms with Gasteiger partial charge in [0.05, 0.1) is 13.4 Å². The molecular weight excluding hydrogens is 186 g/mol. The second kappa shape index (κ2) is 4.40. The molecule has 6 heteroatoms. The highest BCUT2D eigenvalue weighted by molar-refractivity contribution is 6.02. The van der Waals surface area contributed by atoms with Crippen molar-refractivity contribution >= 4 is 11.9 Å². The summed E-state index contributed by atoms with van der Waals surface area (Å²) in [6.07, 6.45) is 1.27. The number of aromatic amines is 1. The first-order chi connectivity index (χ1) is 6.70. The molecule has 0 aliphatic rings. The Labute approximate surface area is 80.7 Å². The number of hydrogen-bond acceptors (Lipinski definition) is 4. The average Bonchev–Trinajstić information content (AvgIpc) is 2.65. The van der Waals surface area contributed by atoms with Gasteiger partial charge in [-0.1, -0.05) is 0 Å². The molecule has 6 nitrogen and oxygen atoms in total. The zero-order valence-electron chi connectivity index (χ0n) is 7.96. The van der Waals surface area contributed by atoms with Crippen molar-refractivity contribution in [1.82, 2.24) is 15.3 Å². The van der Waals surface area contributed by atoms with E-state index in [2.05, 4.69) is 20.0 Å². The van der Waals surface area contributed by atoms with Crippen molar-refractivity contribution in [2.24, 2.45) is 0 Å². The van der Waals surface area contributed by atoms with Gasteiger partial charge in [-0.15, -0.1) is 0 Å². The number of ether oxygens (including phenoxy) is 1. The minimum Gasteiger partial charge on any atom is -0.464 e. The second-order valence-electron chi connectivity index (χ2n) is 2.48. The first-order valence-electron chi connectivity index (χ1n) is 4.10. The van der Waals surface area contributed by atoms with Gasteiger partial charge in [-0.2, -0.15) is 0 Å². The fraction of sp³-hybridized carbons (Fsp3) is 0.375. The van der Waals surface area contributed by atoms with Crippen LogP contribution in [0.1, 0.15) is 27.9 Å². The maximum Gasteiger partial charge on any atom is 0.356 e. The lowest BCUT2D eigenvalue weighted by atomic mass is 10.3. The van der Waals surface area contributed by atoms with Gasteiger partial charge in [-0.3, -0.25) is 4.79 Å². The third-order valence-corrected chi connectivity index (χ3v) is 1.58. The van der Waals surface area contributed by atoms with Crippen LogP contribution in [0.4, 0.5) is 0 Å². The molecule has 0 radical (unpaired) electrons. The van der Waals surface area contributed by atoms with Gasteiger partial charge in [-0.25, -0.2) is 9.78 Å². The van der Waals surface area contributed by atoms with Crippen molar-refractivity contribution in [3.63, 3.8) is 0 Å². The Balaban J connectivity index is 2.92. The van der Waals surface area contributed by atoms with Crippen LogP contribution in [0.3, 0.4) is 0 Å². The van der Waals surface area contributed by atoms with Crippen LogP contribution >= 0.6 is 0 Å². The molecular formula is C8H11N3O3. The van der Waals surface area contributed by atoms with Crippen LogP contribution in [0, 0.1) is 0 Å². The molecule has 1 amide bonds. The molecule has 0 spiro atoms. The zero-order chi connectivity index (χ0) is 10.6. The summed E-state index contributed by atoms with van der Waals surface area (Å²) in [5.41, 5.74) is 0.122. The summed E-state index contributed by atoms with van der Waals surface area (Å²) in [5, 5.41) is 2.54. The number of carbonyl (C=O) groups excluding carboxylic acids is 2. The Bertz CT molecular complexity index is 345. The summed E-state index contributed by atoms with van der Waals surface area (Å²) in [5.74, 6) is -1.00. The van der Waals surface area contributed by atoms with Crippen molar-refractivity contribution < 1.29 is 14.3 Å². The fourth-order valence-electron chi connectivity index (χ4n) is 0.968. The highest BCUT2D eigenvalue weighted by atomic mass is 16.5. The quantitative estimate of drug-likeness (QED) is 0.665. The third-order valence-electron chi connectivity index (χ3n) is 1.58. The summed E-state index contributed by atoms with van der Waals surface area (Å²) < 4.78 is 4.47. The van der Waals surface area contributed by atoms with E-state index in [1.165, 1.54) is 13.4 Å². The monoisotopic (exact) mass is 197 g/mol. The van der Waals surface area contributed by atoms with Gasteiger partial charge in [0, 0.05) is 6.54 Å². The van der Waals surface area contributed by atoms with Crippen LogP contribution in [0.5, 0.6) is 0 Å². The van der Waals surface area contributed by atoms with E-state index in [1.807, 2.05) is 0 Å². The number of methoxy groups -OCH3 is 1. The van der Waals surface area contributed by atoms with Crippen LogP contribution in [0.25, 0.3) is 0 Å². The van der Waals surface area contributed by atoms with Crippen molar-refractivity contribution in [3.8, 4) is 0 Å². The molecule has 0 unspecified atom stereocenters. The van der Waals surface area contributed by atoms with Crippen LogP contribution in [0.15, 0.2) is 6.33 Å². The minimum absolute atomic E-state index is 0.0544. The van der Waals surface area contributed by atoms with Crippen LogP contribution in [-0.4, -0.2) is 35.5 Å². The van der Waals surface area contributed by atoms with Gasteiger partial charge >= 0.3 is 5.97 Å². The van der Waals surface area contributed by atoms with E-state index in [0.717, 1.165) is 0 Å². The largest absolute Gasteiger partial charge is 0.464 e. The molecule has 0 saturated heterocycles. The minimum atomic E-state index is -0.608. The molecule has 2 N–H and O–H groups in total. The van der Waals surface area contributed by atoms with Crippen molar-refractivity contribution in [1.29, 1.82) is 0 Å². The summed E-state index contributed by atoms with van der Waals surface area (Å²) in [6, 6.07) is 0. The predicted molar refractivity (Wildman–Crippen MR) is 47.9 cm³/mol. The molecule has 0 aliphatic heterocycles. The maximum absolute atomic E-state index is 11.3. The van der Waals surface area contributed by atoms with E-state index >= 15 is 0 Å². The Morgan fingerprint density at radius 1 is 1.64 bits per heavy atom. The van der Waals surface area contributed by atoms with Crippen molar-refractivity contribution in [2.75, 3.05) is 13.7 Å². The molecule has 0 aromatic carbocycles. The molecule has 1 heterocycles. The molecule has 0 bridgehead atoms. The third kappa shape index (κ3) is 1.90. The topological polar surface area (TPSA) is 84.1 Å².